The molecule has 6 heteroatoms. The van der Waals surface area contributed by atoms with E-state index in [1.807, 2.05) is 30.3 Å². The summed E-state index contributed by atoms with van der Waals surface area (Å²) in [6.45, 7) is 0.445. The van der Waals surface area contributed by atoms with Gasteiger partial charge in [-0.25, -0.2) is 9.59 Å². The van der Waals surface area contributed by atoms with Crippen LogP contribution >= 0.6 is 0 Å². The number of hydrogen-bond acceptors (Lipinski definition) is 4. The summed E-state index contributed by atoms with van der Waals surface area (Å²) >= 11 is 0. The van der Waals surface area contributed by atoms with Gasteiger partial charge in [-0.05, 0) is 5.56 Å². The minimum Gasteiger partial charge on any atom is -0.480 e. The van der Waals surface area contributed by atoms with Crippen LogP contribution in [0.5, 0.6) is 0 Å². The molecule has 0 aromatic heterocycles. The molecule has 6 nitrogen and oxygen atoms in total. The molecule has 0 bridgehead atoms. The van der Waals surface area contributed by atoms with Gasteiger partial charge in [0.05, 0.1) is 6.61 Å². The summed E-state index contributed by atoms with van der Waals surface area (Å²) in [7, 11) is 0. The number of ether oxygens (including phenoxy) is 2. The number of epoxide rings is 1. The van der Waals surface area contributed by atoms with Crippen molar-refractivity contribution in [2.75, 3.05) is 6.61 Å². The molecule has 18 heavy (non-hydrogen) atoms. The van der Waals surface area contributed by atoms with Crippen molar-refractivity contribution in [3.8, 4) is 0 Å². The van der Waals surface area contributed by atoms with Crippen molar-refractivity contribution in [1.82, 2.24) is 5.32 Å². The standard InChI is InChI=1S/C12H13NO5/c14-11(15)10(9-7-17-9)13-12(16)18-6-8-4-2-1-3-5-8/h1-5,9-10H,6-7H2,(H,13,16)(H,14,15)/t9?,10-/m0/s1. The molecule has 1 aliphatic rings. The molecular formula is C12H13NO5. The van der Waals surface area contributed by atoms with Crippen molar-refractivity contribution >= 4 is 12.1 Å². The number of carboxylic acid groups (broad SMARTS) is 1. The van der Waals surface area contributed by atoms with Gasteiger partial charge < -0.3 is 19.9 Å². The Labute approximate surface area is 104 Å². The van der Waals surface area contributed by atoms with Gasteiger partial charge in [0.2, 0.25) is 0 Å². The van der Waals surface area contributed by atoms with Crippen LogP contribution in [0.1, 0.15) is 5.56 Å². The highest BCUT2D eigenvalue weighted by atomic mass is 16.6. The first-order chi connectivity index (χ1) is 8.66. The van der Waals surface area contributed by atoms with Crippen LogP contribution in [0, 0.1) is 0 Å². The lowest BCUT2D eigenvalue weighted by atomic mass is 10.2. The highest BCUT2D eigenvalue weighted by molar-refractivity contribution is 5.80. The maximum absolute atomic E-state index is 11.4. The Morgan fingerprint density at radius 1 is 1.44 bits per heavy atom. The lowest BCUT2D eigenvalue weighted by Crippen LogP contribution is -2.44. The Morgan fingerprint density at radius 2 is 2.11 bits per heavy atom. The Hall–Kier alpha value is -2.08. The zero-order valence-electron chi connectivity index (χ0n) is 9.54. The summed E-state index contributed by atoms with van der Waals surface area (Å²) in [5.74, 6) is -1.13. The Morgan fingerprint density at radius 3 is 2.67 bits per heavy atom. The molecule has 2 rings (SSSR count). The van der Waals surface area contributed by atoms with Gasteiger partial charge in [0.1, 0.15) is 12.7 Å². The highest BCUT2D eigenvalue weighted by Crippen LogP contribution is 2.14. The molecule has 0 spiro atoms. The molecule has 1 aliphatic heterocycles. The number of alkyl carbamates (subject to hydrolysis) is 1. The third kappa shape index (κ3) is 3.46. The van der Waals surface area contributed by atoms with Crippen molar-refractivity contribution < 1.29 is 24.2 Å². The number of aliphatic carboxylic acids is 1. The van der Waals surface area contributed by atoms with Crippen molar-refractivity contribution in [2.45, 2.75) is 18.8 Å². The molecule has 1 saturated heterocycles. The van der Waals surface area contributed by atoms with E-state index >= 15 is 0 Å². The number of nitrogens with one attached hydrogen (secondary N) is 1. The number of carbonyl (C=O) groups is 2. The molecule has 0 saturated carbocycles. The second kappa shape index (κ2) is 5.50. The number of rotatable bonds is 5. The first-order valence-electron chi connectivity index (χ1n) is 5.48. The molecule has 0 radical (unpaired) electrons. The van der Waals surface area contributed by atoms with E-state index in [9.17, 15) is 9.59 Å². The van der Waals surface area contributed by atoms with E-state index in [-0.39, 0.29) is 6.61 Å². The second-order valence-corrected chi connectivity index (χ2v) is 3.89. The fourth-order valence-electron chi connectivity index (χ4n) is 1.45. The van der Waals surface area contributed by atoms with Gasteiger partial charge in [-0.1, -0.05) is 30.3 Å². The smallest absolute Gasteiger partial charge is 0.408 e. The summed E-state index contributed by atoms with van der Waals surface area (Å²) in [5, 5.41) is 11.1. The third-order valence-electron chi connectivity index (χ3n) is 2.48. The zero-order chi connectivity index (χ0) is 13.0. The first kappa shape index (κ1) is 12.4. The molecular weight excluding hydrogens is 238 g/mol. The maximum Gasteiger partial charge on any atom is 0.408 e. The SMILES string of the molecule is O=C(N[C@H](C(=O)O)C1CO1)OCc1ccccc1. The Balaban J connectivity index is 1.79. The van der Waals surface area contributed by atoms with Gasteiger partial charge in [-0.2, -0.15) is 0 Å². The molecule has 1 heterocycles. The van der Waals surface area contributed by atoms with Gasteiger partial charge in [0.15, 0.2) is 6.04 Å². The lowest BCUT2D eigenvalue weighted by Gasteiger charge is -2.12. The number of amides is 1. The normalized spacial score (nSPS) is 18.8. The fourth-order valence-corrected chi connectivity index (χ4v) is 1.45. The Bertz CT molecular complexity index is 429. The fraction of sp³-hybridized carbons (Fsp3) is 0.333. The van der Waals surface area contributed by atoms with Crippen LogP contribution in [-0.2, 0) is 20.9 Å². The van der Waals surface area contributed by atoms with Crippen molar-refractivity contribution in [3.05, 3.63) is 35.9 Å². The van der Waals surface area contributed by atoms with Crippen LogP contribution in [0.4, 0.5) is 4.79 Å². The predicted molar refractivity (Wildman–Crippen MR) is 60.9 cm³/mol. The molecule has 1 aromatic rings. The number of benzene rings is 1. The van der Waals surface area contributed by atoms with E-state index in [2.05, 4.69) is 5.32 Å². The molecule has 0 aliphatic carbocycles. The molecule has 1 aromatic carbocycles. The predicted octanol–water partition coefficient (Wildman–Crippen LogP) is 0.765. The van der Waals surface area contributed by atoms with Crippen molar-refractivity contribution in [3.63, 3.8) is 0 Å². The van der Waals surface area contributed by atoms with Crippen LogP contribution in [0.15, 0.2) is 30.3 Å². The molecule has 1 amide bonds. The van der Waals surface area contributed by atoms with E-state index < -0.39 is 24.2 Å². The highest BCUT2D eigenvalue weighted by Gasteiger charge is 2.39. The maximum atomic E-state index is 11.4. The van der Waals surface area contributed by atoms with Gasteiger partial charge in [-0.3, -0.25) is 0 Å². The van der Waals surface area contributed by atoms with E-state index in [1.165, 1.54) is 0 Å². The molecule has 1 unspecified atom stereocenters. The molecule has 1 fully saturated rings. The minimum atomic E-state index is -1.13. The summed E-state index contributed by atoms with van der Waals surface area (Å²) in [5.41, 5.74) is 0.835. The summed E-state index contributed by atoms with van der Waals surface area (Å²) in [6.07, 6.45) is -1.21. The van der Waals surface area contributed by atoms with Crippen molar-refractivity contribution in [1.29, 1.82) is 0 Å². The summed E-state index contributed by atoms with van der Waals surface area (Å²) < 4.78 is 9.76. The minimum absolute atomic E-state index is 0.102. The van der Waals surface area contributed by atoms with Crippen molar-refractivity contribution in [2.24, 2.45) is 0 Å². The lowest BCUT2D eigenvalue weighted by molar-refractivity contribution is -0.139. The zero-order valence-corrected chi connectivity index (χ0v) is 9.54. The van der Waals surface area contributed by atoms with E-state index in [0.29, 0.717) is 6.61 Å². The topological polar surface area (TPSA) is 88.2 Å². The average Bonchev–Trinajstić information content (AvgIpc) is 3.18. The summed E-state index contributed by atoms with van der Waals surface area (Å²) in [4.78, 5) is 22.3. The van der Waals surface area contributed by atoms with E-state index in [1.54, 1.807) is 0 Å². The largest absolute Gasteiger partial charge is 0.480 e. The van der Waals surface area contributed by atoms with Gasteiger partial charge >= 0.3 is 12.1 Å². The Kier molecular flexibility index (Phi) is 3.78. The van der Waals surface area contributed by atoms with Gasteiger partial charge in [0.25, 0.3) is 0 Å². The average molecular weight is 251 g/mol. The number of hydrogen-bond donors (Lipinski definition) is 2. The molecule has 2 atom stereocenters. The first-order valence-corrected chi connectivity index (χ1v) is 5.48. The van der Waals surface area contributed by atoms with E-state index in [0.717, 1.165) is 5.56 Å². The number of carbonyl (C=O) groups excluding carboxylic acids is 1. The van der Waals surface area contributed by atoms with Crippen LogP contribution in [0.3, 0.4) is 0 Å². The summed E-state index contributed by atoms with van der Waals surface area (Å²) in [6, 6.07) is 8.09. The van der Waals surface area contributed by atoms with Crippen LogP contribution < -0.4 is 5.32 Å². The monoisotopic (exact) mass is 251 g/mol. The van der Waals surface area contributed by atoms with Gasteiger partial charge in [-0.15, -0.1) is 0 Å². The van der Waals surface area contributed by atoms with Crippen LogP contribution in [-0.4, -0.2) is 35.9 Å². The van der Waals surface area contributed by atoms with Gasteiger partial charge in [0, 0.05) is 0 Å². The van der Waals surface area contributed by atoms with Crippen LogP contribution in [0.25, 0.3) is 0 Å². The number of carboxylic acids is 1. The molecule has 2 N–H and O–H groups in total. The second-order valence-electron chi connectivity index (χ2n) is 3.89. The van der Waals surface area contributed by atoms with E-state index in [4.69, 9.17) is 14.6 Å². The third-order valence-corrected chi connectivity index (χ3v) is 2.48. The quantitative estimate of drug-likeness (QED) is 0.754. The van der Waals surface area contributed by atoms with Crippen LogP contribution in [0.2, 0.25) is 0 Å². The molecule has 96 valence electrons.